The summed E-state index contributed by atoms with van der Waals surface area (Å²) in [5.74, 6) is 1.32. The van der Waals surface area contributed by atoms with Crippen LogP contribution >= 0.6 is 22.6 Å². The van der Waals surface area contributed by atoms with Crippen LogP contribution in [0.1, 0.15) is 39.0 Å². The van der Waals surface area contributed by atoms with Gasteiger partial charge in [0.15, 0.2) is 0 Å². The van der Waals surface area contributed by atoms with Crippen LogP contribution in [-0.2, 0) is 0 Å². The molecule has 0 radical (unpaired) electrons. The van der Waals surface area contributed by atoms with E-state index in [1.165, 1.54) is 19.3 Å². The van der Waals surface area contributed by atoms with Crippen LogP contribution in [0.15, 0.2) is 12.1 Å². The van der Waals surface area contributed by atoms with Gasteiger partial charge in [0.05, 0.1) is 23.5 Å². The van der Waals surface area contributed by atoms with Gasteiger partial charge in [-0.25, -0.2) is 4.79 Å². The first kappa shape index (κ1) is 18.9. The summed E-state index contributed by atoms with van der Waals surface area (Å²) >= 11 is 2.16. The lowest BCUT2D eigenvalue weighted by molar-refractivity contribution is 0.251. The fourth-order valence-electron chi connectivity index (χ4n) is 2.06. The van der Waals surface area contributed by atoms with Crippen LogP contribution < -0.4 is 20.1 Å². The second-order valence-corrected chi connectivity index (χ2v) is 6.14. The van der Waals surface area contributed by atoms with Crippen molar-refractivity contribution >= 4 is 34.3 Å². The van der Waals surface area contributed by atoms with Gasteiger partial charge in [0, 0.05) is 12.6 Å². The summed E-state index contributed by atoms with van der Waals surface area (Å²) < 4.78 is 11.5. The maximum atomic E-state index is 11.9. The summed E-state index contributed by atoms with van der Waals surface area (Å²) in [7, 11) is 3.18. The van der Waals surface area contributed by atoms with E-state index in [4.69, 9.17) is 9.47 Å². The van der Waals surface area contributed by atoms with Gasteiger partial charge < -0.3 is 20.1 Å². The summed E-state index contributed by atoms with van der Waals surface area (Å²) in [6.45, 7) is 2.87. The SMILES string of the molecule is CCCCCCCNC(=O)Nc1cc(OC)c(I)cc1OC. The Morgan fingerprint density at radius 3 is 2.41 bits per heavy atom. The maximum Gasteiger partial charge on any atom is 0.319 e. The van der Waals surface area contributed by atoms with Gasteiger partial charge in [-0.05, 0) is 35.1 Å². The van der Waals surface area contributed by atoms with Gasteiger partial charge in [0.25, 0.3) is 0 Å². The Kier molecular flexibility index (Phi) is 9.03. The van der Waals surface area contributed by atoms with E-state index in [1.54, 1.807) is 20.3 Å². The van der Waals surface area contributed by atoms with Crippen molar-refractivity contribution < 1.29 is 14.3 Å². The van der Waals surface area contributed by atoms with Crippen molar-refractivity contribution in [1.29, 1.82) is 0 Å². The number of carbonyl (C=O) groups excluding carboxylic acids is 1. The number of urea groups is 1. The zero-order valence-corrected chi connectivity index (χ0v) is 15.7. The van der Waals surface area contributed by atoms with Crippen molar-refractivity contribution in [2.24, 2.45) is 0 Å². The molecule has 0 aliphatic rings. The quantitative estimate of drug-likeness (QED) is 0.460. The average molecular weight is 420 g/mol. The molecule has 0 fully saturated rings. The molecule has 0 aliphatic heterocycles. The van der Waals surface area contributed by atoms with E-state index in [0.29, 0.717) is 23.7 Å². The zero-order valence-electron chi connectivity index (χ0n) is 13.5. The smallest absolute Gasteiger partial charge is 0.319 e. The van der Waals surface area contributed by atoms with Crippen molar-refractivity contribution in [2.75, 3.05) is 26.1 Å². The van der Waals surface area contributed by atoms with E-state index in [9.17, 15) is 4.79 Å². The zero-order chi connectivity index (χ0) is 16.4. The highest BCUT2D eigenvalue weighted by molar-refractivity contribution is 14.1. The van der Waals surface area contributed by atoms with Gasteiger partial charge in [-0.2, -0.15) is 0 Å². The molecule has 6 heteroatoms. The van der Waals surface area contributed by atoms with Gasteiger partial charge in [0.2, 0.25) is 0 Å². The summed E-state index contributed by atoms with van der Waals surface area (Å²) in [4.78, 5) is 11.9. The number of hydrogen-bond donors (Lipinski definition) is 2. The molecule has 0 unspecified atom stereocenters. The highest BCUT2D eigenvalue weighted by atomic mass is 127. The van der Waals surface area contributed by atoms with E-state index in [2.05, 4.69) is 40.1 Å². The summed E-state index contributed by atoms with van der Waals surface area (Å²) in [6, 6.07) is 3.37. The number of hydrogen-bond acceptors (Lipinski definition) is 3. The first-order valence-corrected chi connectivity index (χ1v) is 8.66. The monoisotopic (exact) mass is 420 g/mol. The Balaban J connectivity index is 2.49. The Bertz CT molecular complexity index is 481. The molecule has 22 heavy (non-hydrogen) atoms. The molecule has 2 amide bonds. The molecular formula is C16H25IN2O3. The molecule has 0 bridgehead atoms. The summed E-state index contributed by atoms with van der Waals surface area (Å²) in [5, 5.41) is 5.67. The van der Waals surface area contributed by atoms with Crippen LogP contribution in [0.3, 0.4) is 0 Å². The molecule has 5 nitrogen and oxygen atoms in total. The first-order chi connectivity index (χ1) is 10.6. The third kappa shape index (κ3) is 6.29. The molecule has 1 aromatic carbocycles. The second kappa shape index (κ2) is 10.5. The van der Waals surface area contributed by atoms with Crippen molar-refractivity contribution in [1.82, 2.24) is 5.32 Å². The second-order valence-electron chi connectivity index (χ2n) is 4.98. The lowest BCUT2D eigenvalue weighted by Gasteiger charge is -2.14. The maximum absolute atomic E-state index is 11.9. The molecule has 0 aromatic heterocycles. The summed E-state index contributed by atoms with van der Waals surface area (Å²) in [5.41, 5.74) is 0.600. The van der Waals surface area contributed by atoms with Crippen LogP contribution in [0.5, 0.6) is 11.5 Å². The Morgan fingerprint density at radius 2 is 1.77 bits per heavy atom. The number of benzene rings is 1. The van der Waals surface area contributed by atoms with E-state index in [-0.39, 0.29) is 6.03 Å². The van der Waals surface area contributed by atoms with E-state index in [1.807, 2.05) is 6.07 Å². The Labute approximate surface area is 146 Å². The van der Waals surface area contributed by atoms with Crippen LogP contribution in [0.4, 0.5) is 10.5 Å². The number of rotatable bonds is 9. The van der Waals surface area contributed by atoms with Crippen molar-refractivity contribution in [3.8, 4) is 11.5 Å². The van der Waals surface area contributed by atoms with E-state index < -0.39 is 0 Å². The number of methoxy groups -OCH3 is 2. The van der Waals surface area contributed by atoms with Gasteiger partial charge in [-0.15, -0.1) is 0 Å². The lowest BCUT2D eigenvalue weighted by Crippen LogP contribution is -2.29. The lowest BCUT2D eigenvalue weighted by atomic mass is 10.1. The molecular weight excluding hydrogens is 395 g/mol. The molecule has 0 heterocycles. The fraction of sp³-hybridized carbons (Fsp3) is 0.562. The third-order valence-corrected chi connectivity index (χ3v) is 4.13. The minimum absolute atomic E-state index is 0.225. The van der Waals surface area contributed by atoms with Gasteiger partial charge >= 0.3 is 6.03 Å². The first-order valence-electron chi connectivity index (χ1n) is 7.58. The standard InChI is InChI=1S/C16H25IN2O3/c1-4-5-6-7-8-9-18-16(20)19-13-11-14(21-2)12(17)10-15(13)22-3/h10-11H,4-9H2,1-3H3,(H2,18,19,20). The highest BCUT2D eigenvalue weighted by Gasteiger charge is 2.11. The van der Waals surface area contributed by atoms with Gasteiger partial charge in [0.1, 0.15) is 11.5 Å². The largest absolute Gasteiger partial charge is 0.496 e. The van der Waals surface area contributed by atoms with Crippen LogP contribution in [0.2, 0.25) is 0 Å². The fourth-order valence-corrected chi connectivity index (χ4v) is 2.71. The molecule has 2 N–H and O–H groups in total. The van der Waals surface area contributed by atoms with Crippen LogP contribution in [-0.4, -0.2) is 26.8 Å². The minimum Gasteiger partial charge on any atom is -0.496 e. The molecule has 1 rings (SSSR count). The average Bonchev–Trinajstić information content (AvgIpc) is 2.52. The Hall–Kier alpha value is -1.18. The van der Waals surface area contributed by atoms with Crippen LogP contribution in [0, 0.1) is 3.57 Å². The number of anilines is 1. The van der Waals surface area contributed by atoms with Crippen molar-refractivity contribution in [3.63, 3.8) is 0 Å². The molecule has 0 saturated heterocycles. The predicted octanol–water partition coefficient (Wildman–Crippen LogP) is 4.40. The van der Waals surface area contributed by atoms with Crippen LogP contribution in [0.25, 0.3) is 0 Å². The van der Waals surface area contributed by atoms with Gasteiger partial charge in [-0.3, -0.25) is 0 Å². The highest BCUT2D eigenvalue weighted by Crippen LogP contribution is 2.33. The molecule has 1 aromatic rings. The number of unbranched alkanes of at least 4 members (excludes halogenated alkanes) is 4. The van der Waals surface area contributed by atoms with E-state index >= 15 is 0 Å². The normalized spacial score (nSPS) is 10.2. The minimum atomic E-state index is -0.225. The number of nitrogens with one attached hydrogen (secondary N) is 2. The predicted molar refractivity (Wildman–Crippen MR) is 98.0 cm³/mol. The molecule has 0 aliphatic carbocycles. The topological polar surface area (TPSA) is 59.6 Å². The molecule has 0 saturated carbocycles. The number of amides is 2. The molecule has 124 valence electrons. The summed E-state index contributed by atoms with van der Waals surface area (Å²) in [6.07, 6.45) is 5.85. The Morgan fingerprint density at radius 1 is 1.09 bits per heavy atom. The van der Waals surface area contributed by atoms with Crippen molar-refractivity contribution in [3.05, 3.63) is 15.7 Å². The number of halogens is 1. The van der Waals surface area contributed by atoms with Crippen molar-refractivity contribution in [2.45, 2.75) is 39.0 Å². The number of carbonyl (C=O) groups is 1. The van der Waals surface area contributed by atoms with E-state index in [0.717, 1.165) is 16.4 Å². The third-order valence-electron chi connectivity index (χ3n) is 3.29. The molecule has 0 spiro atoms. The number of ether oxygens (including phenoxy) is 2. The molecule has 0 atom stereocenters. The van der Waals surface area contributed by atoms with Gasteiger partial charge in [-0.1, -0.05) is 32.6 Å².